The van der Waals surface area contributed by atoms with Gasteiger partial charge in [0.2, 0.25) is 11.8 Å². The van der Waals surface area contributed by atoms with Crippen molar-refractivity contribution in [3.8, 4) is 5.75 Å². The highest BCUT2D eigenvalue weighted by molar-refractivity contribution is 7.22. The predicted octanol–water partition coefficient (Wildman–Crippen LogP) is 1.14. The lowest BCUT2D eigenvalue weighted by Crippen LogP contribution is -2.28. The number of benzene rings is 1. The highest BCUT2D eigenvalue weighted by Gasteiger charge is 2.35. The van der Waals surface area contributed by atoms with Gasteiger partial charge in [0.25, 0.3) is 0 Å². The van der Waals surface area contributed by atoms with Gasteiger partial charge in [-0.3, -0.25) is 14.5 Å². The zero-order valence-corrected chi connectivity index (χ0v) is 11.6. The molecule has 0 saturated carbocycles. The first-order valence-corrected chi connectivity index (χ1v) is 6.94. The van der Waals surface area contributed by atoms with Crippen molar-refractivity contribution in [3.05, 3.63) is 18.2 Å². The molecular weight excluding hydrogens is 278 g/mol. The average molecular weight is 291 g/mol. The number of nitrogens with zero attached hydrogens (tertiary/aromatic N) is 2. The van der Waals surface area contributed by atoms with Crippen LogP contribution >= 0.6 is 11.3 Å². The lowest BCUT2D eigenvalue weighted by molar-refractivity contribution is -0.123. The van der Waals surface area contributed by atoms with Gasteiger partial charge in [-0.25, -0.2) is 4.98 Å². The molecule has 3 rings (SSSR count). The first-order chi connectivity index (χ1) is 9.58. The molecule has 104 valence electrons. The third-order valence-corrected chi connectivity index (χ3v) is 4.38. The maximum Gasteiger partial charge on any atom is 0.229 e. The Morgan fingerprint density at radius 2 is 2.35 bits per heavy atom. The normalized spacial score (nSPS) is 18.8. The van der Waals surface area contributed by atoms with Gasteiger partial charge in [0, 0.05) is 13.0 Å². The summed E-state index contributed by atoms with van der Waals surface area (Å²) in [4.78, 5) is 29.1. The van der Waals surface area contributed by atoms with Crippen molar-refractivity contribution in [1.29, 1.82) is 0 Å². The summed E-state index contributed by atoms with van der Waals surface area (Å²) in [5.74, 6) is -0.233. The molecule has 2 N–H and O–H groups in total. The van der Waals surface area contributed by atoms with Gasteiger partial charge in [-0.2, -0.15) is 0 Å². The second kappa shape index (κ2) is 4.75. The van der Waals surface area contributed by atoms with Crippen molar-refractivity contribution in [2.75, 3.05) is 18.6 Å². The average Bonchev–Trinajstić information content (AvgIpc) is 3.00. The van der Waals surface area contributed by atoms with Crippen molar-refractivity contribution >= 4 is 38.5 Å². The number of carbonyl (C=O) groups excluding carboxylic acids is 2. The Bertz CT molecular complexity index is 697. The number of aromatic nitrogens is 1. The molecule has 7 heteroatoms. The fourth-order valence-electron chi connectivity index (χ4n) is 2.22. The SMILES string of the molecule is COc1ccc2nc(N3CC(C(N)=O)CC3=O)sc2c1. The maximum absolute atomic E-state index is 11.9. The Kier molecular flexibility index (Phi) is 3.06. The number of thiazole rings is 1. The number of hydrogen-bond donors (Lipinski definition) is 1. The number of nitrogens with two attached hydrogens (primary N) is 1. The molecule has 1 fully saturated rings. The number of rotatable bonds is 3. The van der Waals surface area contributed by atoms with E-state index < -0.39 is 11.8 Å². The Hall–Kier alpha value is -2.15. The van der Waals surface area contributed by atoms with Crippen molar-refractivity contribution in [2.24, 2.45) is 11.7 Å². The molecule has 1 saturated heterocycles. The van der Waals surface area contributed by atoms with E-state index in [0.29, 0.717) is 11.7 Å². The summed E-state index contributed by atoms with van der Waals surface area (Å²) in [7, 11) is 1.60. The summed E-state index contributed by atoms with van der Waals surface area (Å²) in [6.07, 6.45) is 0.161. The number of carbonyl (C=O) groups is 2. The summed E-state index contributed by atoms with van der Waals surface area (Å²) < 4.78 is 6.10. The van der Waals surface area contributed by atoms with Crippen LogP contribution in [0.15, 0.2) is 18.2 Å². The molecule has 1 aromatic heterocycles. The fraction of sp³-hybridized carbons (Fsp3) is 0.308. The third kappa shape index (κ3) is 2.09. The first kappa shape index (κ1) is 12.9. The molecule has 1 aliphatic rings. The summed E-state index contributed by atoms with van der Waals surface area (Å²) in [5.41, 5.74) is 6.07. The molecule has 0 bridgehead atoms. The van der Waals surface area contributed by atoms with Crippen molar-refractivity contribution in [1.82, 2.24) is 4.98 Å². The Morgan fingerprint density at radius 3 is 3.00 bits per heavy atom. The molecular formula is C13H13N3O3S. The zero-order valence-electron chi connectivity index (χ0n) is 10.8. The van der Waals surface area contributed by atoms with E-state index in [9.17, 15) is 9.59 Å². The van der Waals surface area contributed by atoms with Gasteiger partial charge in [-0.05, 0) is 18.2 Å². The van der Waals surface area contributed by atoms with Crippen LogP contribution in [0.1, 0.15) is 6.42 Å². The third-order valence-electron chi connectivity index (χ3n) is 3.34. The quantitative estimate of drug-likeness (QED) is 0.919. The van der Waals surface area contributed by atoms with Crippen LogP contribution in [0.5, 0.6) is 5.75 Å². The zero-order chi connectivity index (χ0) is 14.3. The molecule has 1 aromatic carbocycles. The van der Waals surface area contributed by atoms with Crippen LogP contribution in [-0.2, 0) is 9.59 Å². The molecule has 1 aliphatic heterocycles. The second-order valence-electron chi connectivity index (χ2n) is 4.64. The van der Waals surface area contributed by atoms with E-state index in [1.54, 1.807) is 7.11 Å². The van der Waals surface area contributed by atoms with Gasteiger partial charge >= 0.3 is 0 Å². The van der Waals surface area contributed by atoms with Crippen molar-refractivity contribution in [3.63, 3.8) is 0 Å². The fourth-order valence-corrected chi connectivity index (χ4v) is 3.24. The summed E-state index contributed by atoms with van der Waals surface area (Å²) in [6.45, 7) is 0.311. The Balaban J connectivity index is 1.94. The van der Waals surface area contributed by atoms with E-state index in [1.165, 1.54) is 16.2 Å². The molecule has 0 radical (unpaired) electrons. The molecule has 6 nitrogen and oxygen atoms in total. The van der Waals surface area contributed by atoms with E-state index in [0.717, 1.165) is 16.0 Å². The van der Waals surface area contributed by atoms with Gasteiger partial charge in [0.05, 0.1) is 23.2 Å². The highest BCUT2D eigenvalue weighted by atomic mass is 32.1. The second-order valence-corrected chi connectivity index (χ2v) is 5.65. The monoisotopic (exact) mass is 291 g/mol. The molecule has 20 heavy (non-hydrogen) atoms. The van der Waals surface area contributed by atoms with Crippen LogP contribution in [0.25, 0.3) is 10.2 Å². The molecule has 1 atom stereocenters. The van der Waals surface area contributed by atoms with E-state index in [4.69, 9.17) is 10.5 Å². The van der Waals surface area contributed by atoms with Crippen LogP contribution in [0.4, 0.5) is 5.13 Å². The largest absolute Gasteiger partial charge is 0.497 e. The lowest BCUT2D eigenvalue weighted by Gasteiger charge is -2.11. The Morgan fingerprint density at radius 1 is 1.55 bits per heavy atom. The standard InChI is InChI=1S/C13H13N3O3S/c1-19-8-2-3-9-10(5-8)20-13(15-9)16-6-7(12(14)18)4-11(16)17/h2-3,5,7H,4,6H2,1H3,(H2,14,18). The first-order valence-electron chi connectivity index (χ1n) is 6.12. The maximum atomic E-state index is 11.9. The van der Waals surface area contributed by atoms with E-state index in [2.05, 4.69) is 4.98 Å². The minimum absolute atomic E-state index is 0.111. The minimum atomic E-state index is -0.441. The van der Waals surface area contributed by atoms with Crippen molar-refractivity contribution < 1.29 is 14.3 Å². The molecule has 0 aliphatic carbocycles. The van der Waals surface area contributed by atoms with Crippen LogP contribution in [-0.4, -0.2) is 30.5 Å². The van der Waals surface area contributed by atoms with Crippen molar-refractivity contribution in [2.45, 2.75) is 6.42 Å². The number of amides is 2. The van der Waals surface area contributed by atoms with Crippen LogP contribution in [0.2, 0.25) is 0 Å². The minimum Gasteiger partial charge on any atom is -0.497 e. The van der Waals surface area contributed by atoms with E-state index in [1.807, 2.05) is 18.2 Å². The topological polar surface area (TPSA) is 85.5 Å². The van der Waals surface area contributed by atoms with Crippen LogP contribution in [0.3, 0.4) is 0 Å². The molecule has 1 unspecified atom stereocenters. The summed E-state index contributed by atoms with van der Waals surface area (Å²) in [6, 6.07) is 5.55. The van der Waals surface area contributed by atoms with Gasteiger partial charge in [-0.15, -0.1) is 0 Å². The molecule has 0 spiro atoms. The highest BCUT2D eigenvalue weighted by Crippen LogP contribution is 2.34. The van der Waals surface area contributed by atoms with E-state index >= 15 is 0 Å². The van der Waals surface area contributed by atoms with Gasteiger partial charge in [0.15, 0.2) is 5.13 Å². The number of hydrogen-bond acceptors (Lipinski definition) is 5. The molecule has 2 aromatic rings. The number of primary amides is 1. The lowest BCUT2D eigenvalue weighted by atomic mass is 10.1. The van der Waals surface area contributed by atoms with Crippen LogP contribution in [0, 0.1) is 5.92 Å². The smallest absolute Gasteiger partial charge is 0.229 e. The number of anilines is 1. The number of methoxy groups -OCH3 is 1. The molecule has 2 heterocycles. The number of ether oxygens (including phenoxy) is 1. The summed E-state index contributed by atoms with van der Waals surface area (Å²) >= 11 is 1.40. The van der Waals surface area contributed by atoms with Gasteiger partial charge in [-0.1, -0.05) is 11.3 Å². The predicted molar refractivity (Wildman–Crippen MR) is 75.8 cm³/mol. The number of fused-ring (bicyclic) bond motifs is 1. The van der Waals surface area contributed by atoms with Gasteiger partial charge < -0.3 is 10.5 Å². The summed E-state index contributed by atoms with van der Waals surface area (Å²) in [5, 5.41) is 0.599. The molecule has 2 amide bonds. The van der Waals surface area contributed by atoms with Crippen LogP contribution < -0.4 is 15.4 Å². The Labute approximate surface area is 119 Å². The van der Waals surface area contributed by atoms with Gasteiger partial charge in [0.1, 0.15) is 5.75 Å². The van der Waals surface area contributed by atoms with E-state index in [-0.39, 0.29) is 12.3 Å².